The molecule has 8 heteroatoms. The molecule has 114 valence electrons. The van der Waals surface area contributed by atoms with E-state index in [4.69, 9.17) is 14.2 Å². The van der Waals surface area contributed by atoms with E-state index in [0.29, 0.717) is 17.8 Å². The fourth-order valence-electron chi connectivity index (χ4n) is 2.69. The Morgan fingerprint density at radius 3 is 2.86 bits per heavy atom. The second-order valence-corrected chi connectivity index (χ2v) is 4.99. The van der Waals surface area contributed by atoms with Crippen LogP contribution in [0.15, 0.2) is 12.7 Å². The third-order valence-corrected chi connectivity index (χ3v) is 3.73. The first-order chi connectivity index (χ1) is 10.2. The van der Waals surface area contributed by atoms with Crippen LogP contribution in [-0.4, -0.2) is 63.8 Å². The van der Waals surface area contributed by atoms with Crippen LogP contribution in [-0.2, 0) is 14.2 Å². The van der Waals surface area contributed by atoms with Gasteiger partial charge in [-0.25, -0.2) is 15.0 Å². The average Bonchev–Trinajstić information content (AvgIpc) is 3.02. The van der Waals surface area contributed by atoms with Gasteiger partial charge in [-0.05, 0) is 6.92 Å². The molecule has 0 radical (unpaired) electrons. The number of nitrogens with zero attached hydrogens (tertiary/aromatic N) is 4. The molecule has 2 aromatic rings. The van der Waals surface area contributed by atoms with E-state index in [-0.39, 0.29) is 6.10 Å². The third kappa shape index (κ3) is 2.30. The Morgan fingerprint density at radius 2 is 2.14 bits per heavy atom. The van der Waals surface area contributed by atoms with E-state index in [2.05, 4.69) is 15.0 Å². The van der Waals surface area contributed by atoms with Crippen molar-refractivity contribution in [3.05, 3.63) is 18.3 Å². The summed E-state index contributed by atoms with van der Waals surface area (Å²) >= 11 is 0. The molecule has 0 spiro atoms. The quantitative estimate of drug-likeness (QED) is 0.852. The summed E-state index contributed by atoms with van der Waals surface area (Å²) in [4.78, 5) is 12.6. The molecule has 1 aliphatic rings. The predicted octanol–water partition coefficient (Wildman–Crippen LogP) is 0.0544. The Morgan fingerprint density at radius 1 is 1.33 bits per heavy atom. The van der Waals surface area contributed by atoms with Gasteiger partial charge in [0, 0.05) is 14.2 Å². The molecule has 3 heterocycles. The first kappa shape index (κ1) is 14.3. The summed E-state index contributed by atoms with van der Waals surface area (Å²) in [6.45, 7) is 2.20. The number of ether oxygens (including phenoxy) is 3. The highest BCUT2D eigenvalue weighted by atomic mass is 16.6. The summed E-state index contributed by atoms with van der Waals surface area (Å²) in [5.41, 5.74) is 2.10. The van der Waals surface area contributed by atoms with Crippen molar-refractivity contribution >= 4 is 11.2 Å². The summed E-state index contributed by atoms with van der Waals surface area (Å²) in [7, 11) is 3.12. The van der Waals surface area contributed by atoms with E-state index >= 15 is 0 Å². The first-order valence-electron chi connectivity index (χ1n) is 6.66. The number of rotatable bonds is 4. The maximum absolute atomic E-state index is 10.4. The molecule has 0 aromatic carbocycles. The minimum absolute atomic E-state index is 0.340. The molecule has 0 bridgehead atoms. The number of aryl methyl sites for hydroxylation is 1. The molecule has 1 N–H and O–H groups in total. The highest BCUT2D eigenvalue weighted by Gasteiger charge is 2.45. The number of aliphatic hydroxyl groups excluding tert-OH is 1. The van der Waals surface area contributed by atoms with Gasteiger partial charge in [0.25, 0.3) is 0 Å². The lowest BCUT2D eigenvalue weighted by Gasteiger charge is -2.18. The van der Waals surface area contributed by atoms with Gasteiger partial charge < -0.3 is 19.3 Å². The second kappa shape index (κ2) is 5.64. The third-order valence-electron chi connectivity index (χ3n) is 3.73. The van der Waals surface area contributed by atoms with E-state index in [9.17, 15) is 5.11 Å². The van der Waals surface area contributed by atoms with Crippen molar-refractivity contribution in [1.82, 2.24) is 19.5 Å². The van der Waals surface area contributed by atoms with Gasteiger partial charge in [0.2, 0.25) is 0 Å². The molecule has 0 aliphatic carbocycles. The van der Waals surface area contributed by atoms with Gasteiger partial charge in [0.15, 0.2) is 11.9 Å². The summed E-state index contributed by atoms with van der Waals surface area (Å²) in [5, 5.41) is 10.4. The lowest BCUT2D eigenvalue weighted by molar-refractivity contribution is -0.0612. The standard InChI is InChI=1S/C13H18N4O4/c1-7-9-12(15-5-14-7)17(6-16-9)13-10(18)11(20-3)8(21-13)4-19-2/h5-6,8,10-11,13,18H,4H2,1-3H3/t8-,10+,11-,13-/m1/s1. The van der Waals surface area contributed by atoms with Crippen LogP contribution in [0.1, 0.15) is 11.9 Å². The molecule has 1 saturated heterocycles. The summed E-state index contributed by atoms with van der Waals surface area (Å²) < 4.78 is 18.0. The van der Waals surface area contributed by atoms with E-state index in [1.54, 1.807) is 25.1 Å². The van der Waals surface area contributed by atoms with Crippen LogP contribution < -0.4 is 0 Å². The van der Waals surface area contributed by atoms with Gasteiger partial charge in [-0.3, -0.25) is 4.57 Å². The molecule has 3 rings (SSSR count). The van der Waals surface area contributed by atoms with Gasteiger partial charge in [-0.2, -0.15) is 0 Å². The lowest BCUT2D eigenvalue weighted by atomic mass is 10.1. The largest absolute Gasteiger partial charge is 0.386 e. The molecule has 0 unspecified atom stereocenters. The zero-order valence-electron chi connectivity index (χ0n) is 12.1. The van der Waals surface area contributed by atoms with Crippen molar-refractivity contribution in [3.8, 4) is 0 Å². The van der Waals surface area contributed by atoms with Gasteiger partial charge in [0.1, 0.15) is 30.2 Å². The number of imidazole rings is 1. The number of aromatic nitrogens is 4. The topological polar surface area (TPSA) is 91.5 Å². The molecule has 0 amide bonds. The molecule has 21 heavy (non-hydrogen) atoms. The van der Waals surface area contributed by atoms with E-state index < -0.39 is 18.4 Å². The van der Waals surface area contributed by atoms with Crippen LogP contribution >= 0.6 is 0 Å². The fraction of sp³-hybridized carbons (Fsp3) is 0.615. The minimum atomic E-state index is -0.831. The number of aliphatic hydroxyl groups is 1. The van der Waals surface area contributed by atoms with Crippen LogP contribution in [0.5, 0.6) is 0 Å². The molecule has 1 aliphatic heterocycles. The normalized spacial score (nSPS) is 29.3. The van der Waals surface area contributed by atoms with E-state index in [1.807, 2.05) is 6.92 Å². The first-order valence-corrected chi connectivity index (χ1v) is 6.66. The Kier molecular flexibility index (Phi) is 3.85. The Balaban J connectivity index is 1.97. The van der Waals surface area contributed by atoms with Gasteiger partial charge in [-0.1, -0.05) is 0 Å². The van der Waals surface area contributed by atoms with E-state index in [0.717, 1.165) is 5.69 Å². The molecular formula is C13H18N4O4. The molecular weight excluding hydrogens is 276 g/mol. The summed E-state index contributed by atoms with van der Waals surface area (Å²) in [6, 6.07) is 0. The highest BCUT2D eigenvalue weighted by Crippen LogP contribution is 2.33. The predicted molar refractivity (Wildman–Crippen MR) is 72.6 cm³/mol. The van der Waals surface area contributed by atoms with Crippen molar-refractivity contribution in [3.63, 3.8) is 0 Å². The van der Waals surface area contributed by atoms with Crippen LogP contribution in [0.25, 0.3) is 11.2 Å². The van der Waals surface area contributed by atoms with Crippen LogP contribution in [0.4, 0.5) is 0 Å². The zero-order valence-corrected chi connectivity index (χ0v) is 12.1. The molecule has 0 saturated carbocycles. The van der Waals surface area contributed by atoms with Crippen molar-refractivity contribution in [1.29, 1.82) is 0 Å². The van der Waals surface area contributed by atoms with Crippen molar-refractivity contribution in [2.45, 2.75) is 31.5 Å². The number of methoxy groups -OCH3 is 2. The van der Waals surface area contributed by atoms with E-state index in [1.165, 1.54) is 6.33 Å². The Bertz CT molecular complexity index is 632. The number of hydrogen-bond acceptors (Lipinski definition) is 7. The van der Waals surface area contributed by atoms with Crippen molar-refractivity contribution in [2.24, 2.45) is 0 Å². The molecule has 8 nitrogen and oxygen atoms in total. The maximum atomic E-state index is 10.4. The van der Waals surface area contributed by atoms with Crippen LogP contribution in [0.3, 0.4) is 0 Å². The Hall–Kier alpha value is -1.61. The van der Waals surface area contributed by atoms with Gasteiger partial charge in [-0.15, -0.1) is 0 Å². The average molecular weight is 294 g/mol. The lowest BCUT2D eigenvalue weighted by Crippen LogP contribution is -2.35. The zero-order chi connectivity index (χ0) is 15.0. The van der Waals surface area contributed by atoms with Gasteiger partial charge >= 0.3 is 0 Å². The van der Waals surface area contributed by atoms with Crippen LogP contribution in [0.2, 0.25) is 0 Å². The monoisotopic (exact) mass is 294 g/mol. The highest BCUT2D eigenvalue weighted by molar-refractivity contribution is 5.72. The maximum Gasteiger partial charge on any atom is 0.165 e. The summed E-state index contributed by atoms with van der Waals surface area (Å²) in [6.07, 6.45) is 0.813. The second-order valence-electron chi connectivity index (χ2n) is 4.99. The van der Waals surface area contributed by atoms with Crippen molar-refractivity contribution in [2.75, 3.05) is 20.8 Å². The van der Waals surface area contributed by atoms with Gasteiger partial charge in [0.05, 0.1) is 18.6 Å². The fourth-order valence-corrected chi connectivity index (χ4v) is 2.69. The SMILES string of the molecule is COC[C@H]1O[C@@H](n2cnc3c(C)ncnc32)[C@@H](O)[C@@H]1OC. The minimum Gasteiger partial charge on any atom is -0.386 e. The smallest absolute Gasteiger partial charge is 0.165 e. The summed E-state index contributed by atoms with van der Waals surface area (Å²) in [5.74, 6) is 0. The Labute approximate surface area is 121 Å². The molecule has 1 fully saturated rings. The number of fused-ring (bicyclic) bond motifs is 1. The van der Waals surface area contributed by atoms with Crippen LogP contribution in [0, 0.1) is 6.92 Å². The number of hydrogen-bond donors (Lipinski definition) is 1. The molecule has 4 atom stereocenters. The molecule has 2 aromatic heterocycles. The van der Waals surface area contributed by atoms with Crippen molar-refractivity contribution < 1.29 is 19.3 Å².